The van der Waals surface area contributed by atoms with E-state index >= 15 is 0 Å². The number of rotatable bonds is 4. The number of likely N-dealkylation sites (tertiary alicyclic amines) is 1. The molecule has 148 valence electrons. The first kappa shape index (κ1) is 19.1. The smallest absolute Gasteiger partial charge is 0.223 e. The summed E-state index contributed by atoms with van der Waals surface area (Å²) in [5.74, 6) is -0.929. The summed E-state index contributed by atoms with van der Waals surface area (Å²) in [6.45, 7) is 3.94. The topological polar surface area (TPSA) is 23.6 Å². The number of fused-ring (bicyclic) bond motifs is 1. The molecule has 0 saturated carbocycles. The number of carbonyl (C=O) groups is 1. The standard InChI is InChI=1S/C23H26F2N2O/c24-21-6-5-18(13-22(21)25)15-26-10-7-17(8-11-26)14-23(28)27-12-9-19-3-1-2-4-20(19)16-27/h1-6,13,17H,7-12,14-16H2. The molecular formula is C23H26F2N2O. The minimum absolute atomic E-state index is 0.258. The molecule has 1 amide bonds. The third-order valence-electron chi connectivity index (χ3n) is 6.04. The molecule has 2 heterocycles. The first-order chi connectivity index (χ1) is 13.6. The summed E-state index contributed by atoms with van der Waals surface area (Å²) >= 11 is 0. The minimum Gasteiger partial charge on any atom is -0.338 e. The van der Waals surface area contributed by atoms with Crippen LogP contribution in [0, 0.1) is 17.6 Å². The molecule has 2 aliphatic heterocycles. The lowest BCUT2D eigenvalue weighted by Gasteiger charge is -2.34. The molecule has 0 bridgehead atoms. The Morgan fingerprint density at radius 1 is 0.964 bits per heavy atom. The van der Waals surface area contributed by atoms with Crippen molar-refractivity contribution in [3.8, 4) is 0 Å². The second-order valence-electron chi connectivity index (χ2n) is 8.01. The van der Waals surface area contributed by atoms with Gasteiger partial charge in [-0.2, -0.15) is 0 Å². The van der Waals surface area contributed by atoms with Crippen LogP contribution in [0.1, 0.15) is 36.0 Å². The van der Waals surface area contributed by atoms with Crippen molar-refractivity contribution < 1.29 is 13.6 Å². The normalized spacial score (nSPS) is 18.1. The maximum absolute atomic E-state index is 13.4. The fourth-order valence-electron chi connectivity index (χ4n) is 4.33. The van der Waals surface area contributed by atoms with E-state index in [0.717, 1.165) is 51.0 Å². The maximum Gasteiger partial charge on any atom is 0.223 e. The van der Waals surface area contributed by atoms with Gasteiger partial charge in [0.25, 0.3) is 0 Å². The van der Waals surface area contributed by atoms with Crippen LogP contribution in [0.3, 0.4) is 0 Å². The molecule has 3 nitrogen and oxygen atoms in total. The van der Waals surface area contributed by atoms with Crippen LogP contribution in [0.15, 0.2) is 42.5 Å². The van der Waals surface area contributed by atoms with Gasteiger partial charge >= 0.3 is 0 Å². The number of amides is 1. The van der Waals surface area contributed by atoms with Gasteiger partial charge in [0.05, 0.1) is 0 Å². The van der Waals surface area contributed by atoms with E-state index in [2.05, 4.69) is 23.1 Å². The van der Waals surface area contributed by atoms with Gasteiger partial charge < -0.3 is 4.90 Å². The van der Waals surface area contributed by atoms with Gasteiger partial charge in [0.15, 0.2) is 11.6 Å². The lowest BCUT2D eigenvalue weighted by molar-refractivity contribution is -0.133. The van der Waals surface area contributed by atoms with Crippen LogP contribution in [0.2, 0.25) is 0 Å². The molecule has 1 saturated heterocycles. The van der Waals surface area contributed by atoms with E-state index in [-0.39, 0.29) is 5.91 Å². The fourth-order valence-corrected chi connectivity index (χ4v) is 4.33. The third-order valence-corrected chi connectivity index (χ3v) is 6.04. The van der Waals surface area contributed by atoms with Gasteiger partial charge in [0, 0.05) is 26.1 Å². The number of piperidine rings is 1. The number of benzene rings is 2. The summed E-state index contributed by atoms with van der Waals surface area (Å²) in [5, 5.41) is 0. The molecule has 0 aliphatic carbocycles. The van der Waals surface area contributed by atoms with Gasteiger partial charge in [0.1, 0.15) is 0 Å². The summed E-state index contributed by atoms with van der Waals surface area (Å²) in [6.07, 6.45) is 3.50. The first-order valence-corrected chi connectivity index (χ1v) is 10.1. The van der Waals surface area contributed by atoms with Crippen LogP contribution >= 0.6 is 0 Å². The van der Waals surface area contributed by atoms with Crippen molar-refractivity contribution in [3.63, 3.8) is 0 Å². The molecule has 1 fully saturated rings. The predicted octanol–water partition coefficient (Wildman–Crippen LogP) is 4.15. The zero-order valence-corrected chi connectivity index (χ0v) is 16.0. The highest BCUT2D eigenvalue weighted by atomic mass is 19.2. The molecule has 0 unspecified atom stereocenters. The Hall–Kier alpha value is -2.27. The van der Waals surface area contributed by atoms with Gasteiger partial charge in [0.2, 0.25) is 5.91 Å². The van der Waals surface area contributed by atoms with Gasteiger partial charge in [-0.1, -0.05) is 30.3 Å². The Morgan fingerprint density at radius 3 is 2.46 bits per heavy atom. The zero-order valence-electron chi connectivity index (χ0n) is 16.0. The van der Waals surface area contributed by atoms with Crippen molar-refractivity contribution in [1.82, 2.24) is 9.80 Å². The molecule has 0 atom stereocenters. The lowest BCUT2D eigenvalue weighted by atomic mass is 9.92. The summed E-state index contributed by atoms with van der Waals surface area (Å²) < 4.78 is 26.4. The highest BCUT2D eigenvalue weighted by Crippen LogP contribution is 2.25. The second kappa shape index (κ2) is 8.39. The molecule has 2 aromatic carbocycles. The Balaban J connectivity index is 1.25. The maximum atomic E-state index is 13.4. The van der Waals surface area contributed by atoms with Crippen molar-refractivity contribution >= 4 is 5.91 Å². The van der Waals surface area contributed by atoms with Crippen LogP contribution in [0.25, 0.3) is 0 Å². The van der Waals surface area contributed by atoms with Gasteiger partial charge in [-0.3, -0.25) is 9.69 Å². The van der Waals surface area contributed by atoms with Crippen LogP contribution < -0.4 is 0 Å². The van der Waals surface area contributed by atoms with Crippen molar-refractivity contribution in [2.24, 2.45) is 5.92 Å². The first-order valence-electron chi connectivity index (χ1n) is 10.1. The Morgan fingerprint density at radius 2 is 1.71 bits per heavy atom. The number of halogens is 2. The molecule has 0 aromatic heterocycles. The average Bonchev–Trinajstić information content (AvgIpc) is 2.72. The zero-order chi connectivity index (χ0) is 19.5. The Kier molecular flexibility index (Phi) is 5.72. The van der Waals surface area contributed by atoms with E-state index in [1.54, 1.807) is 6.07 Å². The van der Waals surface area contributed by atoms with E-state index in [4.69, 9.17) is 0 Å². The molecule has 0 spiro atoms. The molecular weight excluding hydrogens is 358 g/mol. The second-order valence-corrected chi connectivity index (χ2v) is 8.01. The van der Waals surface area contributed by atoms with E-state index in [9.17, 15) is 13.6 Å². The van der Waals surface area contributed by atoms with Crippen LogP contribution in [0.4, 0.5) is 8.78 Å². The van der Waals surface area contributed by atoms with Gasteiger partial charge in [-0.05, 0) is 67.1 Å². The molecule has 4 rings (SSSR count). The highest BCUT2D eigenvalue weighted by Gasteiger charge is 2.26. The van der Waals surface area contributed by atoms with Crippen LogP contribution in [-0.2, 0) is 24.3 Å². The SMILES string of the molecule is O=C(CC1CCN(Cc2ccc(F)c(F)c2)CC1)N1CCc2ccccc2C1. The third kappa shape index (κ3) is 4.41. The van der Waals surface area contributed by atoms with Crippen molar-refractivity contribution in [2.75, 3.05) is 19.6 Å². The molecule has 28 heavy (non-hydrogen) atoms. The fraction of sp³-hybridized carbons (Fsp3) is 0.435. The Bertz CT molecular complexity index is 846. The van der Waals surface area contributed by atoms with Crippen LogP contribution in [0.5, 0.6) is 0 Å². The van der Waals surface area contributed by atoms with Crippen LogP contribution in [-0.4, -0.2) is 35.3 Å². The largest absolute Gasteiger partial charge is 0.338 e. The summed E-state index contributed by atoms with van der Waals surface area (Å²) in [4.78, 5) is 17.0. The predicted molar refractivity (Wildman–Crippen MR) is 105 cm³/mol. The monoisotopic (exact) mass is 384 g/mol. The molecule has 5 heteroatoms. The number of hydrogen-bond donors (Lipinski definition) is 0. The van der Waals surface area contributed by atoms with Gasteiger partial charge in [-0.25, -0.2) is 8.78 Å². The van der Waals surface area contributed by atoms with E-state index in [1.807, 2.05) is 11.0 Å². The highest BCUT2D eigenvalue weighted by molar-refractivity contribution is 5.76. The summed E-state index contributed by atoms with van der Waals surface area (Å²) in [5.41, 5.74) is 3.42. The Labute approximate surface area is 165 Å². The quantitative estimate of drug-likeness (QED) is 0.791. The summed E-state index contributed by atoms with van der Waals surface area (Å²) in [7, 11) is 0. The van der Waals surface area contributed by atoms with Crippen molar-refractivity contribution in [1.29, 1.82) is 0 Å². The summed E-state index contributed by atoms with van der Waals surface area (Å²) in [6, 6.07) is 12.5. The van der Waals surface area contributed by atoms with Crippen molar-refractivity contribution in [2.45, 2.75) is 38.8 Å². The number of carbonyl (C=O) groups excluding carboxylic acids is 1. The van der Waals surface area contributed by atoms with Crippen molar-refractivity contribution in [3.05, 3.63) is 70.8 Å². The average molecular weight is 384 g/mol. The van der Waals surface area contributed by atoms with E-state index in [0.29, 0.717) is 18.9 Å². The lowest BCUT2D eigenvalue weighted by Crippen LogP contribution is -2.39. The molecule has 2 aliphatic rings. The minimum atomic E-state index is -0.804. The van der Waals surface area contributed by atoms with Gasteiger partial charge in [-0.15, -0.1) is 0 Å². The van der Waals surface area contributed by atoms with E-state index < -0.39 is 11.6 Å². The molecule has 0 N–H and O–H groups in total. The number of hydrogen-bond acceptors (Lipinski definition) is 2. The molecule has 2 aromatic rings. The number of nitrogens with zero attached hydrogens (tertiary/aromatic N) is 2. The molecule has 0 radical (unpaired) electrons. The van der Waals surface area contributed by atoms with E-state index in [1.165, 1.54) is 23.3 Å².